The van der Waals surface area contributed by atoms with Gasteiger partial charge >= 0.3 is 0 Å². The summed E-state index contributed by atoms with van der Waals surface area (Å²) < 4.78 is 53.6. The Kier molecular flexibility index (Phi) is 5.61. The first-order valence-corrected chi connectivity index (χ1v) is 6.03. The minimum atomic E-state index is -4.02. The van der Waals surface area contributed by atoms with Crippen LogP contribution in [-0.4, -0.2) is 26.3 Å². The zero-order valence-corrected chi connectivity index (χ0v) is 9.29. The maximum Gasteiger partial charge on any atom is 0.294 e. The molecule has 1 unspecified atom stereocenters. The minimum Gasteiger partial charge on any atom is -0.750 e. The van der Waals surface area contributed by atoms with E-state index in [-0.39, 0.29) is 4.90 Å². The first kappa shape index (κ1) is 14.2. The van der Waals surface area contributed by atoms with Crippen LogP contribution in [0.4, 0.5) is 0 Å². The van der Waals surface area contributed by atoms with Crippen molar-refractivity contribution in [1.29, 1.82) is 0 Å². The van der Waals surface area contributed by atoms with Crippen LogP contribution in [0.1, 0.15) is 5.56 Å². The normalized spacial score (nSPS) is 12.5. The molecule has 0 aliphatic heterocycles. The molecule has 8 heteroatoms. The van der Waals surface area contributed by atoms with Gasteiger partial charge in [0.2, 0.25) is 0 Å². The Balaban J connectivity index is 0.000000423. The molecule has 6 nitrogen and oxygen atoms in total. The molecule has 1 rings (SSSR count). The zero-order valence-electron chi connectivity index (χ0n) is 7.65. The average Bonchev–Trinajstić information content (AvgIpc) is 2.01. The smallest absolute Gasteiger partial charge is 0.294 e. The minimum absolute atomic E-state index is 0.0666. The molecule has 0 aromatic heterocycles. The van der Waals surface area contributed by atoms with E-state index in [0.717, 1.165) is 5.56 Å². The monoisotopic (exact) mass is 253 g/mol. The fourth-order valence-corrected chi connectivity index (χ4v) is 1.19. The summed E-state index contributed by atoms with van der Waals surface area (Å²) in [6.07, 6.45) is 0. The topological polar surface area (TPSA) is 115 Å². The van der Waals surface area contributed by atoms with Crippen molar-refractivity contribution in [2.24, 2.45) is 0 Å². The van der Waals surface area contributed by atoms with Gasteiger partial charge in [0.05, 0.1) is 16.3 Å². The third-order valence-corrected chi connectivity index (χ3v) is 2.19. The molecule has 1 atom stereocenters. The lowest BCUT2D eigenvalue weighted by molar-refractivity contribution is 0.436. The summed E-state index contributed by atoms with van der Waals surface area (Å²) in [6.45, 7) is 1.84. The van der Waals surface area contributed by atoms with Crippen molar-refractivity contribution < 1.29 is 26.3 Å². The number of hydrogen-bond donors (Lipinski definition) is 2. The second-order valence-electron chi connectivity index (χ2n) is 2.51. The quantitative estimate of drug-likeness (QED) is 0.558. The summed E-state index contributed by atoms with van der Waals surface area (Å²) in [4.78, 5) is -0.0666. The highest BCUT2D eigenvalue weighted by Crippen LogP contribution is 2.08. The van der Waals surface area contributed by atoms with Crippen LogP contribution in [-0.2, 0) is 21.5 Å². The predicted molar refractivity (Wildman–Crippen MR) is 52.5 cm³/mol. The van der Waals surface area contributed by atoms with Gasteiger partial charge in [-0.2, -0.15) is 8.42 Å². The molecule has 2 N–H and O–H groups in total. The van der Waals surface area contributed by atoms with Gasteiger partial charge in [0.1, 0.15) is 0 Å². The molecule has 0 aliphatic rings. The standard InChI is InChI=1S/C7H8O3S.H2O3S/c1-6-2-4-7(5-3-6)11(8,9)10;1-4(2)3/h2-5H,1H3,(H,8,9,10);(H2,1,2,3)/p-1. The second-order valence-corrected chi connectivity index (χ2v) is 4.36. The highest BCUT2D eigenvalue weighted by molar-refractivity contribution is 7.85. The summed E-state index contributed by atoms with van der Waals surface area (Å²) in [6, 6.07) is 5.99. The Morgan fingerprint density at radius 3 is 1.87 bits per heavy atom. The van der Waals surface area contributed by atoms with Gasteiger partial charge in [-0.3, -0.25) is 4.55 Å². The van der Waals surface area contributed by atoms with Crippen LogP contribution in [0.25, 0.3) is 0 Å². The van der Waals surface area contributed by atoms with E-state index in [1.807, 2.05) is 6.92 Å². The number of benzene rings is 1. The van der Waals surface area contributed by atoms with Crippen LogP contribution in [0.5, 0.6) is 0 Å². The second kappa shape index (κ2) is 5.93. The van der Waals surface area contributed by atoms with E-state index >= 15 is 0 Å². The van der Waals surface area contributed by atoms with Crippen molar-refractivity contribution in [3.63, 3.8) is 0 Å². The largest absolute Gasteiger partial charge is 0.750 e. The summed E-state index contributed by atoms with van der Waals surface area (Å²) in [7, 11) is -4.02. The maximum atomic E-state index is 10.5. The fraction of sp³-hybridized carbons (Fsp3) is 0.143. The first-order valence-electron chi connectivity index (χ1n) is 3.56. The van der Waals surface area contributed by atoms with Gasteiger partial charge in [-0.15, -0.1) is 0 Å². The van der Waals surface area contributed by atoms with Crippen LogP contribution < -0.4 is 0 Å². The first-order chi connectivity index (χ1) is 6.73. The van der Waals surface area contributed by atoms with Crippen LogP contribution in [0.3, 0.4) is 0 Å². The van der Waals surface area contributed by atoms with Crippen molar-refractivity contribution >= 4 is 21.5 Å². The molecule has 0 spiro atoms. The maximum absolute atomic E-state index is 10.5. The lowest BCUT2D eigenvalue weighted by Gasteiger charge is -1.95. The molecular weight excluding hydrogens is 244 g/mol. The molecule has 0 radical (unpaired) electrons. The molecule has 1 aromatic carbocycles. The molecule has 0 aliphatic carbocycles. The fourth-order valence-electron chi connectivity index (χ4n) is 0.710. The van der Waals surface area contributed by atoms with Gasteiger partial charge in [0.25, 0.3) is 10.1 Å². The van der Waals surface area contributed by atoms with E-state index in [1.54, 1.807) is 12.1 Å². The molecule has 0 saturated heterocycles. The van der Waals surface area contributed by atoms with Gasteiger partial charge in [0.15, 0.2) is 0 Å². The van der Waals surface area contributed by atoms with E-state index in [4.69, 9.17) is 17.9 Å². The molecule has 15 heavy (non-hydrogen) atoms. The van der Waals surface area contributed by atoms with E-state index in [2.05, 4.69) is 0 Å². The summed E-state index contributed by atoms with van der Waals surface area (Å²) >= 11 is -2.86. The van der Waals surface area contributed by atoms with Crippen molar-refractivity contribution in [3.8, 4) is 0 Å². The van der Waals surface area contributed by atoms with Crippen LogP contribution in [0, 0.1) is 6.92 Å². The van der Waals surface area contributed by atoms with E-state index in [9.17, 15) is 8.42 Å². The van der Waals surface area contributed by atoms with Crippen LogP contribution in [0.2, 0.25) is 0 Å². The van der Waals surface area contributed by atoms with E-state index < -0.39 is 21.5 Å². The van der Waals surface area contributed by atoms with Crippen molar-refractivity contribution in [1.82, 2.24) is 0 Å². The molecular formula is C7H9O6S2-. The highest BCUT2D eigenvalue weighted by atomic mass is 32.2. The third-order valence-electron chi connectivity index (χ3n) is 1.32. The highest BCUT2D eigenvalue weighted by Gasteiger charge is 2.06. The van der Waals surface area contributed by atoms with Crippen LogP contribution >= 0.6 is 0 Å². The Bertz CT molecular complexity index is 417. The molecule has 1 aromatic rings. The SMILES string of the molecule is Cc1ccc(S(=O)(=O)O)cc1.O=S([O-])O. The molecule has 0 amide bonds. The lowest BCUT2D eigenvalue weighted by Crippen LogP contribution is -1.96. The van der Waals surface area contributed by atoms with Crippen molar-refractivity contribution in [2.75, 3.05) is 0 Å². The average molecular weight is 253 g/mol. The molecule has 0 bridgehead atoms. The molecule has 86 valence electrons. The van der Waals surface area contributed by atoms with Crippen molar-refractivity contribution in [2.45, 2.75) is 11.8 Å². The Labute approximate surface area is 89.8 Å². The van der Waals surface area contributed by atoms with Gasteiger partial charge in [0, 0.05) is 0 Å². The zero-order chi connectivity index (χ0) is 12.1. The Morgan fingerprint density at radius 1 is 1.27 bits per heavy atom. The summed E-state index contributed by atoms with van der Waals surface area (Å²) in [5.74, 6) is 0. The van der Waals surface area contributed by atoms with Gasteiger partial charge in [-0.05, 0) is 19.1 Å². The van der Waals surface area contributed by atoms with Gasteiger partial charge in [-0.1, -0.05) is 17.7 Å². The van der Waals surface area contributed by atoms with E-state index in [0.29, 0.717) is 0 Å². The third kappa shape index (κ3) is 7.17. The summed E-state index contributed by atoms with van der Waals surface area (Å²) in [5, 5.41) is 0. The predicted octanol–water partition coefficient (Wildman–Crippen LogP) is 0.580. The number of hydrogen-bond acceptors (Lipinski definition) is 4. The summed E-state index contributed by atoms with van der Waals surface area (Å²) in [5.41, 5.74) is 0.956. The Hall–Kier alpha value is -0.800. The van der Waals surface area contributed by atoms with Gasteiger partial charge in [-0.25, -0.2) is 4.21 Å². The van der Waals surface area contributed by atoms with Crippen LogP contribution in [0.15, 0.2) is 29.2 Å². The number of rotatable bonds is 1. The molecule has 0 saturated carbocycles. The van der Waals surface area contributed by atoms with Crippen molar-refractivity contribution in [3.05, 3.63) is 29.8 Å². The Morgan fingerprint density at radius 2 is 1.60 bits per heavy atom. The molecule has 0 heterocycles. The number of aryl methyl sites for hydroxylation is 1. The lowest BCUT2D eigenvalue weighted by atomic mass is 10.2. The van der Waals surface area contributed by atoms with Gasteiger partial charge < -0.3 is 9.11 Å². The van der Waals surface area contributed by atoms with E-state index in [1.165, 1.54) is 12.1 Å². The molecule has 0 fully saturated rings.